The van der Waals surface area contributed by atoms with Crippen LogP contribution in [0.15, 0.2) is 21.5 Å². The second-order valence-corrected chi connectivity index (χ2v) is 7.00. The van der Waals surface area contributed by atoms with Crippen molar-refractivity contribution in [1.29, 1.82) is 0 Å². The van der Waals surface area contributed by atoms with Crippen LogP contribution in [0.1, 0.15) is 13.2 Å². The van der Waals surface area contributed by atoms with Crippen LogP contribution in [0.2, 0.25) is 0 Å². The highest BCUT2D eigenvalue weighted by molar-refractivity contribution is 7.46. The lowest BCUT2D eigenvalue weighted by Gasteiger charge is -2.28. The molecule has 0 saturated carbocycles. The number of nitrogens with zero attached hydrogens (tertiary/aromatic N) is 2. The Hall–Kier alpha value is -1.79. The molecule has 12 nitrogen and oxygen atoms in total. The zero-order chi connectivity index (χ0) is 18.6. The molecule has 1 aliphatic rings. The third kappa shape index (κ3) is 3.09. The van der Waals surface area contributed by atoms with Crippen LogP contribution in [0.4, 0.5) is 5.95 Å². The number of furan rings is 1. The minimum Gasteiger partial charge on any atom is -0.457 e. The largest absolute Gasteiger partial charge is 0.469 e. The maximum Gasteiger partial charge on any atom is 0.469 e. The molecule has 0 aromatic carbocycles. The van der Waals surface area contributed by atoms with Crippen molar-refractivity contribution >= 4 is 24.9 Å². The van der Waals surface area contributed by atoms with Crippen LogP contribution in [0.5, 0.6) is 0 Å². The van der Waals surface area contributed by atoms with Crippen LogP contribution in [0.25, 0.3) is 11.1 Å². The van der Waals surface area contributed by atoms with Gasteiger partial charge >= 0.3 is 13.4 Å². The molecular weight excluding hydrogens is 361 g/mol. The second kappa shape index (κ2) is 5.88. The summed E-state index contributed by atoms with van der Waals surface area (Å²) in [6.07, 6.45) is -3.20. The number of nitrogen functional groups attached to an aromatic ring is 1. The molecule has 0 amide bonds. The van der Waals surface area contributed by atoms with Crippen molar-refractivity contribution in [3.05, 3.63) is 22.7 Å². The molecule has 1 unspecified atom stereocenters. The zero-order valence-electron chi connectivity index (χ0n) is 12.8. The number of fused-ring (bicyclic) bond motifs is 1. The average molecular weight is 377 g/mol. The summed E-state index contributed by atoms with van der Waals surface area (Å²) >= 11 is 0. The summed E-state index contributed by atoms with van der Waals surface area (Å²) < 4.78 is 26.3. The SMILES string of the molecule is C[C@]1(O)C(n2c(N)nc3ccoc3c2=O)O[C@H](COP(=O)(O)O)[C@H]1O. The third-order valence-electron chi connectivity index (χ3n) is 3.94. The van der Waals surface area contributed by atoms with Gasteiger partial charge in [-0.1, -0.05) is 0 Å². The maximum absolute atomic E-state index is 12.5. The maximum atomic E-state index is 12.5. The summed E-state index contributed by atoms with van der Waals surface area (Å²) in [6, 6.07) is 1.43. The van der Waals surface area contributed by atoms with Crippen molar-refractivity contribution < 1.29 is 38.2 Å². The van der Waals surface area contributed by atoms with Gasteiger partial charge in [-0.25, -0.2) is 14.1 Å². The van der Waals surface area contributed by atoms with Crippen LogP contribution >= 0.6 is 7.82 Å². The van der Waals surface area contributed by atoms with Gasteiger partial charge in [0.2, 0.25) is 11.5 Å². The van der Waals surface area contributed by atoms with Crippen molar-refractivity contribution in [2.24, 2.45) is 0 Å². The summed E-state index contributed by atoms with van der Waals surface area (Å²) in [4.78, 5) is 34.0. The van der Waals surface area contributed by atoms with Gasteiger partial charge in [0.25, 0.3) is 0 Å². The molecule has 138 valence electrons. The molecule has 0 radical (unpaired) electrons. The number of hydrogen-bond acceptors (Lipinski definition) is 9. The number of aromatic nitrogens is 2. The van der Waals surface area contributed by atoms with Gasteiger partial charge in [0.05, 0.1) is 12.9 Å². The van der Waals surface area contributed by atoms with E-state index in [1.165, 1.54) is 19.3 Å². The highest BCUT2D eigenvalue weighted by Crippen LogP contribution is 2.42. The fourth-order valence-corrected chi connectivity index (χ4v) is 3.03. The molecule has 2 aromatic heterocycles. The first-order valence-corrected chi connectivity index (χ1v) is 8.56. The number of phosphoric ester groups is 1. The number of ether oxygens (including phenoxy) is 1. The Morgan fingerprint density at radius 1 is 1.52 bits per heavy atom. The Morgan fingerprint density at radius 3 is 2.84 bits per heavy atom. The van der Waals surface area contributed by atoms with E-state index in [0.717, 1.165) is 4.57 Å². The molecule has 25 heavy (non-hydrogen) atoms. The highest BCUT2D eigenvalue weighted by atomic mass is 31.2. The molecule has 6 N–H and O–H groups in total. The molecule has 2 aromatic rings. The first kappa shape index (κ1) is 18.0. The summed E-state index contributed by atoms with van der Waals surface area (Å²) in [5, 5.41) is 20.7. The molecule has 13 heteroatoms. The van der Waals surface area contributed by atoms with Crippen molar-refractivity contribution in [3.8, 4) is 0 Å². The molecule has 3 heterocycles. The molecule has 3 rings (SSSR count). The predicted molar refractivity (Wildman–Crippen MR) is 81.2 cm³/mol. The van der Waals surface area contributed by atoms with E-state index < -0.39 is 44.0 Å². The second-order valence-electron chi connectivity index (χ2n) is 5.76. The van der Waals surface area contributed by atoms with Gasteiger partial charge in [-0.2, -0.15) is 0 Å². The average Bonchev–Trinajstić information content (AvgIpc) is 3.03. The summed E-state index contributed by atoms with van der Waals surface area (Å²) in [5.74, 6) is -0.298. The van der Waals surface area contributed by atoms with E-state index in [1.54, 1.807) is 0 Å². The van der Waals surface area contributed by atoms with E-state index in [4.69, 9.17) is 24.7 Å². The van der Waals surface area contributed by atoms with Gasteiger partial charge in [-0.15, -0.1) is 0 Å². The molecule has 0 spiro atoms. The minimum absolute atomic E-state index is 0.127. The predicted octanol–water partition coefficient (Wildman–Crippen LogP) is -1.31. The molecule has 4 atom stereocenters. The number of phosphoric acid groups is 1. The van der Waals surface area contributed by atoms with Crippen molar-refractivity contribution in [2.45, 2.75) is 31.0 Å². The highest BCUT2D eigenvalue weighted by Gasteiger charge is 2.54. The first-order valence-electron chi connectivity index (χ1n) is 7.03. The lowest BCUT2D eigenvalue weighted by Crippen LogP contribution is -2.46. The Labute approximate surface area is 139 Å². The monoisotopic (exact) mass is 377 g/mol. The summed E-state index contributed by atoms with van der Waals surface area (Å²) in [7, 11) is -4.81. The Morgan fingerprint density at radius 2 is 2.20 bits per heavy atom. The van der Waals surface area contributed by atoms with E-state index >= 15 is 0 Å². The van der Waals surface area contributed by atoms with E-state index in [1.807, 2.05) is 0 Å². The Kier molecular flexibility index (Phi) is 4.24. The summed E-state index contributed by atoms with van der Waals surface area (Å²) in [5.41, 5.74) is 3.07. The molecular formula is C12H16N3O9P. The van der Waals surface area contributed by atoms with Gasteiger partial charge in [0.15, 0.2) is 6.23 Å². The fourth-order valence-electron chi connectivity index (χ4n) is 2.69. The van der Waals surface area contributed by atoms with Crippen LogP contribution in [0, 0.1) is 0 Å². The smallest absolute Gasteiger partial charge is 0.457 e. The lowest BCUT2D eigenvalue weighted by atomic mass is 9.96. The van der Waals surface area contributed by atoms with Crippen molar-refractivity contribution in [2.75, 3.05) is 12.3 Å². The van der Waals surface area contributed by atoms with Gasteiger partial charge in [-0.05, 0) is 6.92 Å². The molecule has 1 saturated heterocycles. The minimum atomic E-state index is -4.81. The number of anilines is 1. The van der Waals surface area contributed by atoms with Gasteiger partial charge in [0, 0.05) is 6.07 Å². The number of aliphatic hydroxyl groups is 2. The topological polar surface area (TPSA) is 190 Å². The Bertz CT molecular complexity index is 901. The molecule has 0 bridgehead atoms. The lowest BCUT2D eigenvalue weighted by molar-refractivity contribution is -0.0972. The van der Waals surface area contributed by atoms with Gasteiger partial charge in [0.1, 0.15) is 23.3 Å². The standard InChI is InChI=1S/C12H16N3O9P/c1-12(18)8(16)6(4-23-25(19,20)21)24-10(12)15-9(17)7-5(2-3-22-7)14-11(15)13/h2-3,6,8,10,16,18H,4H2,1H3,(H2,13,14)(H2,19,20,21)/t6-,8-,10?,12-/m1/s1. The Balaban J connectivity index is 2.00. The molecule has 1 fully saturated rings. The van der Waals surface area contributed by atoms with Crippen LogP contribution in [-0.2, 0) is 13.8 Å². The van der Waals surface area contributed by atoms with E-state index in [0.29, 0.717) is 0 Å². The van der Waals surface area contributed by atoms with E-state index in [9.17, 15) is 19.6 Å². The van der Waals surface area contributed by atoms with Gasteiger partial charge in [-0.3, -0.25) is 9.32 Å². The fraction of sp³-hybridized carbons (Fsp3) is 0.500. The zero-order valence-corrected chi connectivity index (χ0v) is 13.7. The van der Waals surface area contributed by atoms with Crippen LogP contribution in [-0.4, -0.2) is 54.0 Å². The third-order valence-corrected chi connectivity index (χ3v) is 4.42. The summed E-state index contributed by atoms with van der Waals surface area (Å²) in [6.45, 7) is 0.460. The van der Waals surface area contributed by atoms with Crippen LogP contribution < -0.4 is 11.3 Å². The quantitative estimate of drug-likeness (QED) is 0.397. The number of hydrogen-bond donors (Lipinski definition) is 5. The van der Waals surface area contributed by atoms with Gasteiger partial charge < -0.3 is 34.9 Å². The van der Waals surface area contributed by atoms with E-state index in [2.05, 4.69) is 9.51 Å². The van der Waals surface area contributed by atoms with Crippen molar-refractivity contribution in [3.63, 3.8) is 0 Å². The first-order chi connectivity index (χ1) is 11.5. The van der Waals surface area contributed by atoms with E-state index in [-0.39, 0.29) is 17.0 Å². The van der Waals surface area contributed by atoms with Crippen LogP contribution in [0.3, 0.4) is 0 Å². The number of nitrogens with two attached hydrogens (primary N) is 1. The normalized spacial score (nSPS) is 30.2. The molecule has 0 aliphatic carbocycles. The number of rotatable bonds is 4. The molecule has 1 aliphatic heterocycles. The number of aliphatic hydroxyl groups excluding tert-OH is 1. The van der Waals surface area contributed by atoms with Crippen molar-refractivity contribution in [1.82, 2.24) is 9.55 Å².